The van der Waals surface area contributed by atoms with Gasteiger partial charge in [-0.05, 0) is 36.8 Å². The van der Waals surface area contributed by atoms with E-state index in [1.165, 1.54) is 42.6 Å². The van der Waals surface area contributed by atoms with Crippen LogP contribution in [0.5, 0.6) is 0 Å². The second kappa shape index (κ2) is 6.35. The summed E-state index contributed by atoms with van der Waals surface area (Å²) in [5, 5.41) is 14.2. The van der Waals surface area contributed by atoms with E-state index in [0.29, 0.717) is 5.56 Å². The fraction of sp³-hybridized carbons (Fsp3) is 0.0714. The molecule has 0 unspecified atom stereocenters. The Bertz CT molecular complexity index is 797. The Kier molecular flexibility index (Phi) is 4.52. The van der Waals surface area contributed by atoms with Crippen LogP contribution >= 0.6 is 0 Å². The van der Waals surface area contributed by atoms with Gasteiger partial charge < -0.3 is 0 Å². The molecule has 0 radical (unpaired) electrons. The summed E-state index contributed by atoms with van der Waals surface area (Å²) in [6, 6.07) is 11.9. The smallest absolute Gasteiger partial charge is 0.258 e. The first kappa shape index (κ1) is 15.6. The average Bonchev–Trinajstić information content (AvgIpc) is 2.48. The molecule has 2 aromatic rings. The van der Waals surface area contributed by atoms with Gasteiger partial charge >= 0.3 is 0 Å². The Labute approximate surface area is 127 Å². The maximum Gasteiger partial charge on any atom is 0.276 e. The number of aryl methyl sites for hydroxylation is 1. The molecule has 0 amide bonds. The van der Waals surface area contributed by atoms with E-state index in [-0.39, 0.29) is 10.6 Å². The summed E-state index contributed by atoms with van der Waals surface area (Å²) >= 11 is 0. The molecule has 0 saturated carbocycles. The Hall–Kier alpha value is -2.74. The number of sulfonamides is 1. The molecule has 0 atom stereocenters. The van der Waals surface area contributed by atoms with Gasteiger partial charge in [-0.15, -0.1) is 0 Å². The molecule has 1 N–H and O–H groups in total. The average molecular weight is 319 g/mol. The highest BCUT2D eigenvalue weighted by molar-refractivity contribution is 7.89. The summed E-state index contributed by atoms with van der Waals surface area (Å²) < 4.78 is 23.9. The molecule has 0 aliphatic heterocycles. The molecule has 0 fully saturated rings. The van der Waals surface area contributed by atoms with Crippen LogP contribution in [0.15, 0.2) is 58.5 Å². The van der Waals surface area contributed by atoms with Crippen molar-refractivity contribution in [2.75, 3.05) is 0 Å². The molecular formula is C14H13N3O4S. The zero-order valence-electron chi connectivity index (χ0n) is 11.6. The molecule has 7 nitrogen and oxygen atoms in total. The predicted molar refractivity (Wildman–Crippen MR) is 82.2 cm³/mol. The minimum atomic E-state index is -3.72. The third kappa shape index (κ3) is 3.89. The first-order valence-electron chi connectivity index (χ1n) is 6.24. The van der Waals surface area contributed by atoms with Crippen LogP contribution in [0.3, 0.4) is 0 Å². The molecule has 0 aromatic heterocycles. The number of hydrogen-bond donors (Lipinski definition) is 1. The van der Waals surface area contributed by atoms with Crippen molar-refractivity contribution in [3.63, 3.8) is 0 Å². The van der Waals surface area contributed by atoms with Crippen LogP contribution < -0.4 is 4.83 Å². The highest BCUT2D eigenvalue weighted by Crippen LogP contribution is 2.11. The highest BCUT2D eigenvalue weighted by atomic mass is 32.2. The summed E-state index contributed by atoms with van der Waals surface area (Å²) in [5.41, 5.74) is 1.45. The van der Waals surface area contributed by atoms with Crippen molar-refractivity contribution in [3.8, 4) is 0 Å². The molecule has 0 aliphatic carbocycles. The zero-order chi connectivity index (χ0) is 16.2. The van der Waals surface area contributed by atoms with E-state index in [1.54, 1.807) is 12.1 Å². The summed E-state index contributed by atoms with van der Waals surface area (Å²) in [6.07, 6.45) is 1.27. The molecule has 114 valence electrons. The fourth-order valence-corrected chi connectivity index (χ4v) is 2.41. The van der Waals surface area contributed by atoms with Crippen molar-refractivity contribution < 1.29 is 13.3 Å². The third-order valence-corrected chi connectivity index (χ3v) is 4.06. The Morgan fingerprint density at radius 1 is 1.09 bits per heavy atom. The topological polar surface area (TPSA) is 102 Å². The van der Waals surface area contributed by atoms with E-state index in [2.05, 4.69) is 9.93 Å². The number of nitro groups is 1. The SMILES string of the molecule is Cc1ccc(S(=O)(=O)NN=Cc2ccc([N+](=O)[O-])cc2)cc1. The lowest BCUT2D eigenvalue weighted by molar-refractivity contribution is -0.384. The fourth-order valence-electron chi connectivity index (χ4n) is 1.62. The lowest BCUT2D eigenvalue weighted by Gasteiger charge is -2.03. The predicted octanol–water partition coefficient (Wildman–Crippen LogP) is 2.22. The van der Waals surface area contributed by atoms with Crippen molar-refractivity contribution in [1.82, 2.24) is 4.83 Å². The maximum atomic E-state index is 12.0. The van der Waals surface area contributed by atoms with Crippen LogP contribution in [0.1, 0.15) is 11.1 Å². The van der Waals surface area contributed by atoms with Crippen molar-refractivity contribution in [2.24, 2.45) is 5.10 Å². The molecule has 0 spiro atoms. The van der Waals surface area contributed by atoms with Crippen LogP contribution in [0.2, 0.25) is 0 Å². The number of nitrogens with one attached hydrogen (secondary N) is 1. The van der Waals surface area contributed by atoms with Gasteiger partial charge in [-0.3, -0.25) is 10.1 Å². The summed E-state index contributed by atoms with van der Waals surface area (Å²) in [7, 11) is -3.72. The van der Waals surface area contributed by atoms with Crippen molar-refractivity contribution in [1.29, 1.82) is 0 Å². The first-order valence-corrected chi connectivity index (χ1v) is 7.73. The minimum absolute atomic E-state index is 0.0441. The Morgan fingerprint density at radius 3 is 2.23 bits per heavy atom. The normalized spacial score (nSPS) is 11.5. The number of hydrazone groups is 1. The summed E-state index contributed by atoms with van der Waals surface area (Å²) in [4.78, 5) is 12.2. The number of nitrogens with zero attached hydrogens (tertiary/aromatic N) is 2. The van der Waals surface area contributed by atoms with Crippen molar-refractivity contribution >= 4 is 21.9 Å². The van der Waals surface area contributed by atoms with E-state index in [0.717, 1.165) is 5.56 Å². The zero-order valence-corrected chi connectivity index (χ0v) is 12.4. The second-order valence-electron chi connectivity index (χ2n) is 4.51. The lowest BCUT2D eigenvalue weighted by atomic mass is 10.2. The molecule has 0 saturated heterocycles. The molecule has 8 heteroatoms. The second-order valence-corrected chi connectivity index (χ2v) is 6.18. The van der Waals surface area contributed by atoms with Gasteiger partial charge in [0.05, 0.1) is 16.0 Å². The number of hydrogen-bond acceptors (Lipinski definition) is 5. The monoisotopic (exact) mass is 319 g/mol. The number of rotatable bonds is 5. The van der Waals surface area contributed by atoms with Gasteiger partial charge in [-0.2, -0.15) is 13.5 Å². The molecular weight excluding hydrogens is 306 g/mol. The highest BCUT2D eigenvalue weighted by Gasteiger charge is 2.11. The number of nitro benzene ring substituents is 1. The third-order valence-electron chi connectivity index (χ3n) is 2.82. The quantitative estimate of drug-likeness (QED) is 0.518. The van der Waals surface area contributed by atoms with Crippen LogP contribution in [0.25, 0.3) is 0 Å². The largest absolute Gasteiger partial charge is 0.276 e. The minimum Gasteiger partial charge on any atom is -0.258 e. The van der Waals surface area contributed by atoms with Crippen LogP contribution in [-0.4, -0.2) is 19.6 Å². The molecule has 0 aliphatic rings. The Balaban J connectivity index is 2.08. The van der Waals surface area contributed by atoms with Gasteiger partial charge in [0, 0.05) is 12.1 Å². The first-order chi connectivity index (χ1) is 10.4. The van der Waals surface area contributed by atoms with Gasteiger partial charge in [0.1, 0.15) is 0 Å². The summed E-state index contributed by atoms with van der Waals surface area (Å²) in [6.45, 7) is 1.86. The van der Waals surface area contributed by atoms with E-state index >= 15 is 0 Å². The van der Waals surface area contributed by atoms with Gasteiger partial charge in [0.2, 0.25) is 0 Å². The summed E-state index contributed by atoms with van der Waals surface area (Å²) in [5.74, 6) is 0. The van der Waals surface area contributed by atoms with Gasteiger partial charge in [-0.1, -0.05) is 17.7 Å². The lowest BCUT2D eigenvalue weighted by Crippen LogP contribution is -2.18. The van der Waals surface area contributed by atoms with E-state index in [9.17, 15) is 18.5 Å². The molecule has 0 bridgehead atoms. The van der Waals surface area contributed by atoms with E-state index in [1.807, 2.05) is 6.92 Å². The van der Waals surface area contributed by atoms with E-state index in [4.69, 9.17) is 0 Å². The number of non-ortho nitro benzene ring substituents is 1. The van der Waals surface area contributed by atoms with Gasteiger partial charge in [-0.25, -0.2) is 4.83 Å². The standard InChI is InChI=1S/C14H13N3O4S/c1-11-2-8-14(9-3-11)22(20,21)16-15-10-12-4-6-13(7-5-12)17(18)19/h2-10,16H,1H3. The maximum absolute atomic E-state index is 12.0. The van der Waals surface area contributed by atoms with Crippen LogP contribution in [0, 0.1) is 17.0 Å². The Morgan fingerprint density at radius 2 is 1.68 bits per heavy atom. The van der Waals surface area contributed by atoms with Crippen LogP contribution in [0.4, 0.5) is 5.69 Å². The van der Waals surface area contributed by atoms with Crippen molar-refractivity contribution in [3.05, 3.63) is 69.8 Å². The van der Waals surface area contributed by atoms with Gasteiger partial charge in [0.15, 0.2) is 0 Å². The molecule has 2 rings (SSSR count). The molecule has 2 aromatic carbocycles. The van der Waals surface area contributed by atoms with E-state index < -0.39 is 14.9 Å². The van der Waals surface area contributed by atoms with Crippen LogP contribution in [-0.2, 0) is 10.0 Å². The molecule has 22 heavy (non-hydrogen) atoms. The molecule has 0 heterocycles. The van der Waals surface area contributed by atoms with Crippen molar-refractivity contribution in [2.45, 2.75) is 11.8 Å². The van der Waals surface area contributed by atoms with Gasteiger partial charge in [0.25, 0.3) is 15.7 Å². The number of benzene rings is 2.